The van der Waals surface area contributed by atoms with Gasteiger partial charge in [-0.3, -0.25) is 11.1 Å². The molecule has 144 valence electrons. The first-order valence-corrected chi connectivity index (χ1v) is 10.3. The molecule has 0 atom stereocenters. The molecule has 0 aromatic heterocycles. The summed E-state index contributed by atoms with van der Waals surface area (Å²) in [6.07, 6.45) is 23.4. The van der Waals surface area contributed by atoms with E-state index < -0.39 is 5.97 Å². The number of aliphatic carboxylic acids is 1. The predicted octanol–water partition coefficient (Wildman–Crippen LogP) is 3.84. The molecule has 0 bridgehead atoms. The van der Waals surface area contributed by atoms with Crippen LogP contribution < -0.4 is 29.6 Å². The van der Waals surface area contributed by atoms with Gasteiger partial charge in [0.1, 0.15) is 0 Å². The van der Waals surface area contributed by atoms with E-state index in [1.807, 2.05) is 6.29 Å². The van der Waals surface area contributed by atoms with Gasteiger partial charge in [0.15, 0.2) is 0 Å². The number of hydrogen-bond acceptors (Lipinski definition) is 2. The fraction of sp³-hybridized carbons (Fsp3) is 0.905. The number of carboxylic acid groups (broad SMARTS) is 1. The number of hydrogen-bond donors (Lipinski definition) is 1. The minimum Gasteiger partial charge on any atom is -0.542 e. The summed E-state index contributed by atoms with van der Waals surface area (Å²) in [7, 11) is 0. The average Bonchev–Trinajstić information content (AvgIpc) is 2.59. The third-order valence-electron chi connectivity index (χ3n) is 4.18. The van der Waals surface area contributed by atoms with Gasteiger partial charge < -0.3 is 9.90 Å². The van der Waals surface area contributed by atoms with Gasteiger partial charge in [0, 0.05) is 6.42 Å². The van der Waals surface area contributed by atoms with Gasteiger partial charge in [-0.15, -0.1) is 0 Å². The van der Waals surface area contributed by atoms with E-state index in [0.29, 0.717) is 6.42 Å². The van der Waals surface area contributed by atoms with Crippen molar-refractivity contribution >= 4 is 12.3 Å². The molecule has 0 fully saturated rings. The molecule has 0 radical (unpaired) electrons. The second-order valence-corrected chi connectivity index (χ2v) is 6.59. The maximum Gasteiger partial charge on any atom is 1.00 e. The minimum absolute atomic E-state index is 0. The Bertz CT molecular complexity index is 258. The largest absolute Gasteiger partial charge is 1.00 e. The van der Waals surface area contributed by atoms with Gasteiger partial charge in [-0.1, -0.05) is 110 Å². The summed E-state index contributed by atoms with van der Waals surface area (Å²) < 4.78 is 0. The maximum absolute atomic E-state index is 10.0. The number of unbranched alkanes of at least 4 members (excludes halogenated alkanes) is 15. The topological polar surface area (TPSA) is 54.4 Å². The van der Waals surface area contributed by atoms with E-state index in [-0.39, 0.29) is 36.0 Å². The summed E-state index contributed by atoms with van der Waals surface area (Å²) >= 11 is 0. The monoisotopic (exact) mass is 364 g/mol. The van der Waals surface area contributed by atoms with Gasteiger partial charge in [0.25, 0.3) is 0 Å². The van der Waals surface area contributed by atoms with Crippen LogP contribution in [-0.4, -0.2) is 17.4 Å². The van der Waals surface area contributed by atoms with Crippen LogP contribution in [0.4, 0.5) is 0 Å². The van der Waals surface area contributed by atoms with E-state index in [2.05, 4.69) is 6.92 Å². The smallest absolute Gasteiger partial charge is 0.542 e. The number of rotatable bonds is 17. The first-order valence-electron chi connectivity index (χ1n) is 10.3. The molecule has 4 heteroatoms. The van der Waals surface area contributed by atoms with E-state index in [4.69, 9.17) is 5.11 Å². The Morgan fingerprint density at radius 2 is 0.960 bits per heavy atom. The Hall–Kier alpha value is 0.140. The molecule has 0 aromatic carbocycles. The summed E-state index contributed by atoms with van der Waals surface area (Å²) in [5.41, 5.74) is 0. The third-order valence-corrected chi connectivity index (χ3v) is 4.18. The zero-order chi connectivity index (χ0) is 18.3. The van der Waals surface area contributed by atoms with Gasteiger partial charge in [-0.2, -0.15) is 6.42 Å². The Kier molecular flexibility index (Phi) is 34.6. The van der Waals surface area contributed by atoms with Gasteiger partial charge in [0.05, 0.1) is 0 Å². The molecule has 0 aromatic rings. The molecule has 1 N–H and O–H groups in total. The van der Waals surface area contributed by atoms with Crippen molar-refractivity contribution in [2.75, 3.05) is 0 Å². The molecule has 25 heavy (non-hydrogen) atoms. The van der Waals surface area contributed by atoms with Crippen molar-refractivity contribution < 1.29 is 44.3 Å². The molecule has 0 saturated carbocycles. The summed E-state index contributed by atoms with van der Waals surface area (Å²) in [5, 5.41) is 7.72. The van der Waals surface area contributed by atoms with Crippen LogP contribution in [0.1, 0.15) is 123 Å². The van der Waals surface area contributed by atoms with Crippen molar-refractivity contribution in [3.05, 3.63) is 0 Å². The van der Waals surface area contributed by atoms with Crippen molar-refractivity contribution in [3.63, 3.8) is 0 Å². The second kappa shape index (κ2) is 28.9. The minimum atomic E-state index is -0.745. The number of carbonyl (C=O) groups excluding carboxylic acids is 1. The van der Waals surface area contributed by atoms with Crippen molar-refractivity contribution in [3.8, 4) is 0 Å². The van der Waals surface area contributed by atoms with Gasteiger partial charge in [-0.25, -0.2) is 0 Å². The molecule has 3 nitrogen and oxygen atoms in total. The molecule has 0 amide bonds. The molecule has 0 aliphatic rings. The van der Waals surface area contributed by atoms with E-state index in [0.717, 1.165) is 6.42 Å². The zero-order valence-corrected chi connectivity index (χ0v) is 19.3. The van der Waals surface area contributed by atoms with E-state index >= 15 is 0 Å². The molecule has 0 spiro atoms. The zero-order valence-electron chi connectivity index (χ0n) is 17.3. The summed E-state index contributed by atoms with van der Waals surface area (Å²) in [4.78, 5) is 19.4. The quantitative estimate of drug-likeness (QED) is 0.242. The SMILES string of the molecule is CCC(=O)O.CCCCCCCCCCCCCCCCC[C-]=O.[Na+]. The maximum atomic E-state index is 10.0. The van der Waals surface area contributed by atoms with E-state index in [9.17, 15) is 9.59 Å². The molecule has 0 aliphatic carbocycles. The fourth-order valence-electron chi connectivity index (χ4n) is 2.57. The van der Waals surface area contributed by atoms with Crippen LogP contribution in [-0.2, 0) is 9.59 Å². The van der Waals surface area contributed by atoms with Crippen LogP contribution in [0.15, 0.2) is 0 Å². The first kappa shape index (κ1) is 29.9. The number of carboxylic acids is 1. The van der Waals surface area contributed by atoms with Crippen molar-refractivity contribution in [2.45, 2.75) is 123 Å². The molecule has 0 rings (SSSR count). The summed E-state index contributed by atoms with van der Waals surface area (Å²) in [5.74, 6) is -0.745. The van der Waals surface area contributed by atoms with Crippen molar-refractivity contribution in [1.82, 2.24) is 0 Å². The molecule has 0 unspecified atom stereocenters. The van der Waals surface area contributed by atoms with Crippen LogP contribution in [0.5, 0.6) is 0 Å². The summed E-state index contributed by atoms with van der Waals surface area (Å²) in [6, 6.07) is 0. The Balaban J connectivity index is -0.000000704. The fourth-order valence-corrected chi connectivity index (χ4v) is 2.57. The van der Waals surface area contributed by atoms with E-state index in [1.165, 1.54) is 89.9 Å². The normalized spacial score (nSPS) is 9.68. The third kappa shape index (κ3) is 36.0. The first-order chi connectivity index (χ1) is 11.7. The van der Waals surface area contributed by atoms with Gasteiger partial charge in [0.2, 0.25) is 0 Å². The van der Waals surface area contributed by atoms with Gasteiger partial charge >= 0.3 is 35.5 Å². The predicted molar refractivity (Wildman–Crippen MR) is 103 cm³/mol. The van der Waals surface area contributed by atoms with Crippen LogP contribution in [0.25, 0.3) is 0 Å². The molecule has 0 heterocycles. The summed E-state index contributed by atoms with van der Waals surface area (Å²) in [6.45, 7) is 3.88. The van der Waals surface area contributed by atoms with Crippen molar-refractivity contribution in [2.24, 2.45) is 0 Å². The van der Waals surface area contributed by atoms with Crippen LogP contribution in [0.3, 0.4) is 0 Å². The Labute approximate surface area is 179 Å². The van der Waals surface area contributed by atoms with Crippen LogP contribution in [0.2, 0.25) is 0 Å². The Morgan fingerprint density at radius 1 is 0.680 bits per heavy atom. The average molecular weight is 365 g/mol. The second-order valence-electron chi connectivity index (χ2n) is 6.59. The Morgan fingerprint density at radius 3 is 1.20 bits per heavy atom. The molecule has 0 aliphatic heterocycles. The van der Waals surface area contributed by atoms with Gasteiger partial charge in [-0.05, 0) is 0 Å². The number of carbonyl (C=O) groups is 1. The molecular formula is C21H41NaO3. The van der Waals surface area contributed by atoms with Crippen LogP contribution >= 0.6 is 0 Å². The van der Waals surface area contributed by atoms with Crippen molar-refractivity contribution in [1.29, 1.82) is 0 Å². The molecular weight excluding hydrogens is 323 g/mol. The van der Waals surface area contributed by atoms with Crippen LogP contribution in [0, 0.1) is 0 Å². The molecule has 0 saturated heterocycles. The van der Waals surface area contributed by atoms with E-state index in [1.54, 1.807) is 6.92 Å². The standard InChI is InChI=1S/C18H35O.C3H6O2.Na/c1-2-3-4-5-6-7-8-9-10-11-12-13-14-15-16-17-18-19;1-2-3(4)5;/h2-17H2,1H3;2H2,1H3,(H,4,5);/q-1;;+1.